The monoisotopic (exact) mass is 401 g/mol. The Morgan fingerprint density at radius 2 is 1.93 bits per heavy atom. The summed E-state index contributed by atoms with van der Waals surface area (Å²) in [5.41, 5.74) is 2.27. The molecule has 2 fully saturated rings. The van der Waals surface area contributed by atoms with Gasteiger partial charge in [0.05, 0.1) is 29.2 Å². The number of benzene rings is 1. The molecule has 150 valence electrons. The zero-order chi connectivity index (χ0) is 19.7. The Labute approximate surface area is 169 Å². The van der Waals surface area contributed by atoms with Crippen molar-refractivity contribution in [1.82, 2.24) is 9.88 Å². The third kappa shape index (κ3) is 3.85. The predicted molar refractivity (Wildman–Crippen MR) is 111 cm³/mol. The number of piperidine rings is 2. The fraction of sp³-hybridized carbons (Fsp3) is 0.571. The van der Waals surface area contributed by atoms with Gasteiger partial charge in [0.15, 0.2) is 5.13 Å². The summed E-state index contributed by atoms with van der Waals surface area (Å²) in [6, 6.07) is 6.34. The minimum Gasteiger partial charge on any atom is -0.469 e. The maximum absolute atomic E-state index is 13.1. The van der Waals surface area contributed by atoms with Gasteiger partial charge >= 0.3 is 5.97 Å². The normalized spacial score (nSPS) is 21.1. The van der Waals surface area contributed by atoms with Crippen LogP contribution in [0.3, 0.4) is 0 Å². The van der Waals surface area contributed by atoms with Crippen molar-refractivity contribution in [2.24, 2.45) is 11.8 Å². The maximum atomic E-state index is 13.1. The number of rotatable bonds is 3. The van der Waals surface area contributed by atoms with Crippen LogP contribution >= 0.6 is 11.3 Å². The molecule has 1 amide bonds. The molecule has 1 atom stereocenters. The van der Waals surface area contributed by atoms with Crippen LogP contribution in [0.5, 0.6) is 0 Å². The Kier molecular flexibility index (Phi) is 5.53. The molecule has 2 aliphatic rings. The molecule has 0 N–H and O–H groups in total. The van der Waals surface area contributed by atoms with E-state index in [0.717, 1.165) is 36.6 Å². The molecule has 3 heterocycles. The molecular weight excluding hydrogens is 374 g/mol. The second-order valence-corrected chi connectivity index (χ2v) is 8.88. The molecule has 1 aromatic carbocycles. The largest absolute Gasteiger partial charge is 0.469 e. The van der Waals surface area contributed by atoms with Gasteiger partial charge in [-0.25, -0.2) is 4.98 Å². The van der Waals surface area contributed by atoms with Gasteiger partial charge in [-0.3, -0.25) is 9.59 Å². The van der Waals surface area contributed by atoms with Crippen molar-refractivity contribution in [3.8, 4) is 0 Å². The van der Waals surface area contributed by atoms with E-state index in [1.54, 1.807) is 11.3 Å². The van der Waals surface area contributed by atoms with Crippen LogP contribution in [0.4, 0.5) is 5.13 Å². The summed E-state index contributed by atoms with van der Waals surface area (Å²) >= 11 is 1.71. The Morgan fingerprint density at radius 1 is 1.14 bits per heavy atom. The van der Waals surface area contributed by atoms with E-state index in [4.69, 9.17) is 9.72 Å². The molecule has 4 rings (SSSR count). The third-order valence-electron chi connectivity index (χ3n) is 5.91. The van der Waals surface area contributed by atoms with Gasteiger partial charge < -0.3 is 14.5 Å². The van der Waals surface area contributed by atoms with Crippen molar-refractivity contribution in [3.05, 3.63) is 23.8 Å². The molecule has 0 radical (unpaired) electrons. The first-order chi connectivity index (χ1) is 13.5. The molecule has 0 saturated carbocycles. The lowest BCUT2D eigenvalue weighted by atomic mass is 9.93. The number of nitrogens with zero attached hydrogens (tertiary/aromatic N) is 3. The lowest BCUT2D eigenvalue weighted by molar-refractivity contribution is -0.149. The summed E-state index contributed by atoms with van der Waals surface area (Å²) in [6.07, 6.45) is 3.33. The molecular formula is C21H27N3O3S. The Bertz CT molecular complexity index is 873. The molecule has 28 heavy (non-hydrogen) atoms. The lowest BCUT2D eigenvalue weighted by Crippen LogP contribution is -2.48. The minimum atomic E-state index is -0.151. The number of aromatic nitrogens is 1. The second kappa shape index (κ2) is 8.07. The van der Waals surface area contributed by atoms with Crippen molar-refractivity contribution in [2.75, 3.05) is 38.2 Å². The number of likely N-dealkylation sites (tertiary alicyclic amines) is 1. The molecule has 7 heteroatoms. The van der Waals surface area contributed by atoms with Gasteiger partial charge in [0.25, 0.3) is 0 Å². The number of fused-ring (bicyclic) bond motifs is 1. The number of hydrogen-bond donors (Lipinski definition) is 0. The molecule has 0 spiro atoms. The number of methoxy groups -OCH3 is 1. The number of carbonyl (C=O) groups excluding carboxylic acids is 2. The molecule has 2 aliphatic heterocycles. The lowest BCUT2D eigenvalue weighted by Gasteiger charge is -2.37. The van der Waals surface area contributed by atoms with E-state index in [0.29, 0.717) is 25.9 Å². The van der Waals surface area contributed by atoms with Crippen molar-refractivity contribution in [3.63, 3.8) is 0 Å². The highest BCUT2D eigenvalue weighted by molar-refractivity contribution is 7.22. The van der Waals surface area contributed by atoms with Gasteiger partial charge in [-0.1, -0.05) is 17.4 Å². The molecule has 0 bridgehead atoms. The molecule has 1 aromatic heterocycles. The highest BCUT2D eigenvalue weighted by atomic mass is 32.1. The summed E-state index contributed by atoms with van der Waals surface area (Å²) in [6.45, 7) is 5.07. The van der Waals surface area contributed by atoms with E-state index < -0.39 is 0 Å². The quantitative estimate of drug-likeness (QED) is 0.739. The van der Waals surface area contributed by atoms with Crippen LogP contribution in [0.1, 0.15) is 31.2 Å². The number of anilines is 1. The highest BCUT2D eigenvalue weighted by Crippen LogP contribution is 2.33. The fourth-order valence-corrected chi connectivity index (χ4v) is 5.37. The number of amides is 1. The van der Waals surface area contributed by atoms with Crippen LogP contribution in [0.25, 0.3) is 10.2 Å². The zero-order valence-corrected chi connectivity index (χ0v) is 17.3. The fourth-order valence-electron chi connectivity index (χ4n) is 4.27. The number of carbonyl (C=O) groups is 2. The Morgan fingerprint density at radius 3 is 2.68 bits per heavy atom. The maximum Gasteiger partial charge on any atom is 0.308 e. The van der Waals surface area contributed by atoms with E-state index in [1.165, 1.54) is 17.4 Å². The van der Waals surface area contributed by atoms with Crippen LogP contribution in [0.2, 0.25) is 0 Å². The average molecular weight is 402 g/mol. The van der Waals surface area contributed by atoms with Crippen molar-refractivity contribution >= 4 is 38.6 Å². The van der Waals surface area contributed by atoms with E-state index in [-0.39, 0.29) is 23.7 Å². The van der Waals surface area contributed by atoms with E-state index in [9.17, 15) is 9.59 Å². The summed E-state index contributed by atoms with van der Waals surface area (Å²) in [7, 11) is 1.43. The average Bonchev–Trinajstić information content (AvgIpc) is 3.16. The SMILES string of the molecule is COC(=O)C1CCN(C(=O)C2CCCN(c3nc4ccc(C)cc4s3)C2)CC1. The predicted octanol–water partition coefficient (Wildman–Crippen LogP) is 3.23. The van der Waals surface area contributed by atoms with Gasteiger partial charge in [-0.05, 0) is 50.3 Å². The summed E-state index contributed by atoms with van der Waals surface area (Å²) in [5.74, 6) is 0.0206. The van der Waals surface area contributed by atoms with Crippen LogP contribution in [0.15, 0.2) is 18.2 Å². The number of esters is 1. The first kappa shape index (κ1) is 19.2. The first-order valence-corrected chi connectivity index (χ1v) is 10.9. The Balaban J connectivity index is 1.40. The minimum absolute atomic E-state index is 0.0113. The van der Waals surface area contributed by atoms with E-state index in [1.807, 2.05) is 4.90 Å². The smallest absolute Gasteiger partial charge is 0.308 e. The molecule has 2 saturated heterocycles. The van der Waals surface area contributed by atoms with Crippen LogP contribution in [-0.2, 0) is 14.3 Å². The summed E-state index contributed by atoms with van der Waals surface area (Å²) in [5, 5.41) is 1.02. The van der Waals surface area contributed by atoms with Gasteiger partial charge in [0.2, 0.25) is 5.91 Å². The number of aryl methyl sites for hydroxylation is 1. The van der Waals surface area contributed by atoms with Crippen molar-refractivity contribution in [2.45, 2.75) is 32.6 Å². The van der Waals surface area contributed by atoms with Crippen LogP contribution in [0, 0.1) is 18.8 Å². The third-order valence-corrected chi connectivity index (χ3v) is 6.99. The summed E-state index contributed by atoms with van der Waals surface area (Å²) < 4.78 is 6.04. The standard InChI is InChI=1S/C21H27N3O3S/c1-14-5-6-17-18(12-14)28-21(22-17)24-9-3-4-16(13-24)19(25)23-10-7-15(8-11-23)20(26)27-2/h5-6,12,15-16H,3-4,7-11,13H2,1-2H3. The zero-order valence-electron chi connectivity index (χ0n) is 16.5. The topological polar surface area (TPSA) is 62.7 Å². The van der Waals surface area contributed by atoms with Gasteiger partial charge in [0, 0.05) is 26.2 Å². The van der Waals surface area contributed by atoms with Gasteiger partial charge in [0.1, 0.15) is 0 Å². The Hall–Kier alpha value is -2.15. The molecule has 1 unspecified atom stereocenters. The molecule has 2 aromatic rings. The first-order valence-electron chi connectivity index (χ1n) is 10.0. The van der Waals surface area contributed by atoms with Crippen LogP contribution in [-0.4, -0.2) is 55.0 Å². The van der Waals surface area contributed by atoms with Gasteiger partial charge in [-0.15, -0.1) is 0 Å². The second-order valence-electron chi connectivity index (χ2n) is 7.88. The van der Waals surface area contributed by atoms with E-state index >= 15 is 0 Å². The number of hydrogen-bond acceptors (Lipinski definition) is 6. The number of ether oxygens (including phenoxy) is 1. The van der Waals surface area contributed by atoms with Gasteiger partial charge in [-0.2, -0.15) is 0 Å². The van der Waals surface area contributed by atoms with E-state index in [2.05, 4.69) is 30.0 Å². The highest BCUT2D eigenvalue weighted by Gasteiger charge is 2.34. The van der Waals surface area contributed by atoms with Crippen LogP contribution < -0.4 is 4.90 Å². The summed E-state index contributed by atoms with van der Waals surface area (Å²) in [4.78, 5) is 33.8. The molecule has 6 nitrogen and oxygen atoms in total. The van der Waals surface area contributed by atoms with Crippen molar-refractivity contribution in [1.29, 1.82) is 0 Å². The number of thiazole rings is 1. The molecule has 0 aliphatic carbocycles. The van der Waals surface area contributed by atoms with Crippen molar-refractivity contribution < 1.29 is 14.3 Å².